The van der Waals surface area contributed by atoms with Crippen molar-refractivity contribution in [2.24, 2.45) is 0 Å². The van der Waals surface area contributed by atoms with Crippen molar-refractivity contribution in [3.05, 3.63) is 59.7 Å². The van der Waals surface area contributed by atoms with Crippen LogP contribution in [0.25, 0.3) is 11.6 Å². The van der Waals surface area contributed by atoms with Gasteiger partial charge in [0.15, 0.2) is 0 Å². The minimum atomic E-state index is 0. The first-order valence-corrected chi connectivity index (χ1v) is 7.26. The van der Waals surface area contributed by atoms with Crippen LogP contribution in [0.5, 0.6) is 11.5 Å². The molecule has 0 unspecified atom stereocenters. The van der Waals surface area contributed by atoms with Crippen LogP contribution in [0.1, 0.15) is 11.1 Å². The van der Waals surface area contributed by atoms with Crippen molar-refractivity contribution in [2.45, 2.75) is 0 Å². The summed E-state index contributed by atoms with van der Waals surface area (Å²) in [5.41, 5.74) is 3.52. The fraction of sp³-hybridized carbons (Fsp3) is 0.263. The summed E-state index contributed by atoms with van der Waals surface area (Å²) >= 11 is 0. The molecule has 0 saturated carbocycles. The molecule has 0 aliphatic carbocycles. The molecule has 4 heteroatoms. The third-order valence-electron chi connectivity index (χ3n) is 3.36. The summed E-state index contributed by atoms with van der Waals surface area (Å²) in [5.74, 6) is 1.73. The molecule has 0 N–H and O–H groups in total. The Hall–Kier alpha value is -1.97. The topological polar surface area (TPSA) is 21.7 Å². The number of hydrogen-bond acceptors (Lipinski definition) is 3. The van der Waals surface area contributed by atoms with Crippen molar-refractivity contribution in [1.29, 1.82) is 0 Å². The second kappa shape index (κ2) is 9.23. The molecule has 124 valence electrons. The standard InChI is InChI=1S/C19H23NO2.ClH/c1-20(2)14-17(16-8-6-10-19(13-16)22-4)11-15-7-5-9-18(12-15)21-3;/h5-13H,14H2,1-4H3;1H. The SMILES string of the molecule is COc1cccc(C=C(CN(C)C)c2cccc(OC)c2)c1.Cl. The summed E-state index contributed by atoms with van der Waals surface area (Å²) in [6.07, 6.45) is 2.19. The van der Waals surface area contributed by atoms with E-state index in [-0.39, 0.29) is 12.4 Å². The van der Waals surface area contributed by atoms with Crippen LogP contribution < -0.4 is 9.47 Å². The Morgan fingerprint density at radius 2 is 1.57 bits per heavy atom. The highest BCUT2D eigenvalue weighted by Gasteiger charge is 2.06. The average molecular weight is 334 g/mol. The quantitative estimate of drug-likeness (QED) is 0.738. The Morgan fingerprint density at radius 1 is 0.957 bits per heavy atom. The lowest BCUT2D eigenvalue weighted by atomic mass is 10.0. The number of nitrogens with zero attached hydrogens (tertiary/aromatic N) is 1. The van der Waals surface area contributed by atoms with Gasteiger partial charge in [0.2, 0.25) is 0 Å². The van der Waals surface area contributed by atoms with Crippen LogP contribution in [0.4, 0.5) is 0 Å². The maximum Gasteiger partial charge on any atom is 0.119 e. The number of halogens is 1. The van der Waals surface area contributed by atoms with Gasteiger partial charge >= 0.3 is 0 Å². The first kappa shape index (κ1) is 19.1. The molecule has 0 bridgehead atoms. The van der Waals surface area contributed by atoms with E-state index in [9.17, 15) is 0 Å². The van der Waals surface area contributed by atoms with Gasteiger partial charge in [-0.2, -0.15) is 0 Å². The predicted molar refractivity (Wildman–Crippen MR) is 99.7 cm³/mol. The van der Waals surface area contributed by atoms with Crippen LogP contribution in [0.3, 0.4) is 0 Å². The molecule has 0 heterocycles. The lowest BCUT2D eigenvalue weighted by Crippen LogP contribution is -2.14. The van der Waals surface area contributed by atoms with Crippen molar-refractivity contribution in [3.63, 3.8) is 0 Å². The van der Waals surface area contributed by atoms with Gasteiger partial charge in [0.1, 0.15) is 11.5 Å². The predicted octanol–water partition coefficient (Wildman–Crippen LogP) is 4.23. The zero-order valence-electron chi connectivity index (χ0n) is 14.1. The van der Waals surface area contributed by atoms with E-state index in [0.717, 1.165) is 29.2 Å². The van der Waals surface area contributed by atoms with Gasteiger partial charge in [-0.15, -0.1) is 12.4 Å². The highest BCUT2D eigenvalue weighted by molar-refractivity contribution is 5.85. The van der Waals surface area contributed by atoms with Crippen LogP contribution in [0, 0.1) is 0 Å². The van der Waals surface area contributed by atoms with Gasteiger partial charge in [-0.1, -0.05) is 24.3 Å². The molecule has 0 saturated heterocycles. The number of hydrogen-bond donors (Lipinski definition) is 0. The van der Waals surface area contributed by atoms with Crippen LogP contribution in [-0.2, 0) is 0 Å². The lowest BCUT2D eigenvalue weighted by molar-refractivity contribution is 0.414. The number of ether oxygens (including phenoxy) is 2. The molecular weight excluding hydrogens is 310 g/mol. The fourth-order valence-corrected chi connectivity index (χ4v) is 2.32. The number of likely N-dealkylation sites (N-methyl/N-ethyl adjacent to an activating group) is 1. The van der Waals surface area contributed by atoms with Crippen molar-refractivity contribution < 1.29 is 9.47 Å². The third-order valence-corrected chi connectivity index (χ3v) is 3.36. The van der Waals surface area contributed by atoms with Gasteiger partial charge in [-0.3, -0.25) is 0 Å². The minimum Gasteiger partial charge on any atom is -0.497 e. The van der Waals surface area contributed by atoms with Crippen molar-refractivity contribution >= 4 is 24.1 Å². The van der Waals surface area contributed by atoms with Gasteiger partial charge in [-0.05, 0) is 61.1 Å². The van der Waals surface area contributed by atoms with Crippen LogP contribution >= 0.6 is 12.4 Å². The summed E-state index contributed by atoms with van der Waals surface area (Å²) in [6, 6.07) is 16.2. The molecule has 23 heavy (non-hydrogen) atoms. The monoisotopic (exact) mass is 333 g/mol. The van der Waals surface area contributed by atoms with E-state index in [2.05, 4.69) is 43.3 Å². The molecule has 0 spiro atoms. The van der Waals surface area contributed by atoms with Crippen molar-refractivity contribution in [3.8, 4) is 11.5 Å². The largest absolute Gasteiger partial charge is 0.497 e. The van der Waals surface area contributed by atoms with Crippen molar-refractivity contribution in [2.75, 3.05) is 34.9 Å². The molecule has 2 rings (SSSR count). The second-order valence-corrected chi connectivity index (χ2v) is 5.42. The van der Waals surface area contributed by atoms with E-state index in [1.165, 1.54) is 5.57 Å². The maximum atomic E-state index is 5.34. The minimum absolute atomic E-state index is 0. The van der Waals surface area contributed by atoms with Crippen LogP contribution in [0.15, 0.2) is 48.5 Å². The molecule has 0 aromatic heterocycles. The Morgan fingerprint density at radius 3 is 2.17 bits per heavy atom. The van der Waals surface area contributed by atoms with E-state index >= 15 is 0 Å². The Labute approximate surface area is 144 Å². The summed E-state index contributed by atoms with van der Waals surface area (Å²) in [5, 5.41) is 0. The van der Waals surface area contributed by atoms with Crippen LogP contribution in [-0.4, -0.2) is 39.8 Å². The summed E-state index contributed by atoms with van der Waals surface area (Å²) in [6.45, 7) is 0.852. The molecular formula is C19H24ClNO2. The molecule has 0 fully saturated rings. The molecule has 3 nitrogen and oxygen atoms in total. The fourth-order valence-electron chi connectivity index (χ4n) is 2.32. The molecule has 0 aliphatic rings. The molecule has 0 aliphatic heterocycles. The highest BCUT2D eigenvalue weighted by Crippen LogP contribution is 2.24. The highest BCUT2D eigenvalue weighted by atomic mass is 35.5. The summed E-state index contributed by atoms with van der Waals surface area (Å²) in [7, 11) is 7.52. The first-order chi connectivity index (χ1) is 10.6. The molecule has 2 aromatic rings. The lowest BCUT2D eigenvalue weighted by Gasteiger charge is -2.15. The zero-order valence-corrected chi connectivity index (χ0v) is 14.9. The van der Waals surface area contributed by atoms with Gasteiger partial charge < -0.3 is 14.4 Å². The first-order valence-electron chi connectivity index (χ1n) is 7.26. The normalized spacial score (nSPS) is 11.1. The van der Waals surface area contributed by atoms with Gasteiger partial charge in [0.25, 0.3) is 0 Å². The average Bonchev–Trinajstić information content (AvgIpc) is 2.54. The Balaban J connectivity index is 0.00000264. The van der Waals surface area contributed by atoms with Gasteiger partial charge in [0, 0.05) is 6.54 Å². The van der Waals surface area contributed by atoms with E-state index < -0.39 is 0 Å². The number of methoxy groups -OCH3 is 2. The van der Waals surface area contributed by atoms with E-state index in [4.69, 9.17) is 9.47 Å². The third kappa shape index (κ3) is 5.62. The Bertz CT molecular complexity index is 653. The molecule has 0 radical (unpaired) electrons. The van der Waals surface area contributed by atoms with Gasteiger partial charge in [-0.25, -0.2) is 0 Å². The number of rotatable bonds is 6. The molecule has 2 aromatic carbocycles. The van der Waals surface area contributed by atoms with E-state index in [1.54, 1.807) is 14.2 Å². The smallest absolute Gasteiger partial charge is 0.119 e. The van der Waals surface area contributed by atoms with Gasteiger partial charge in [0.05, 0.1) is 14.2 Å². The second-order valence-electron chi connectivity index (χ2n) is 5.42. The van der Waals surface area contributed by atoms with E-state index in [0.29, 0.717) is 0 Å². The number of benzene rings is 2. The summed E-state index contributed by atoms with van der Waals surface area (Å²) in [4.78, 5) is 2.16. The molecule has 0 amide bonds. The van der Waals surface area contributed by atoms with Crippen LogP contribution in [0.2, 0.25) is 0 Å². The summed E-state index contributed by atoms with van der Waals surface area (Å²) < 4.78 is 10.6. The molecule has 0 atom stereocenters. The zero-order chi connectivity index (χ0) is 15.9. The van der Waals surface area contributed by atoms with Crippen molar-refractivity contribution in [1.82, 2.24) is 4.90 Å². The maximum absolute atomic E-state index is 5.34. The van der Waals surface area contributed by atoms with E-state index in [1.807, 2.05) is 30.3 Å². The Kier molecular flexibility index (Phi) is 7.66.